The van der Waals surface area contributed by atoms with E-state index in [0.717, 1.165) is 22.2 Å². The van der Waals surface area contributed by atoms with Crippen molar-refractivity contribution in [3.8, 4) is 11.5 Å². The Labute approximate surface area is 121 Å². The minimum Gasteiger partial charge on any atom is -0.441 e. The third kappa shape index (κ3) is 2.60. The van der Waals surface area contributed by atoms with Crippen molar-refractivity contribution in [1.29, 1.82) is 0 Å². The van der Waals surface area contributed by atoms with Crippen molar-refractivity contribution in [1.82, 2.24) is 19.7 Å². The quantitative estimate of drug-likeness (QED) is 0.690. The van der Waals surface area contributed by atoms with E-state index < -0.39 is 0 Å². The molecule has 20 heavy (non-hydrogen) atoms. The number of aryl methyl sites for hydroxylation is 2. The molecular weight excluding hydrogens is 272 g/mol. The van der Waals surface area contributed by atoms with Gasteiger partial charge in [-0.05, 0) is 19.1 Å². The Morgan fingerprint density at radius 1 is 1.25 bits per heavy atom. The minimum absolute atomic E-state index is 0.664. The Kier molecular flexibility index (Phi) is 3.56. The van der Waals surface area contributed by atoms with E-state index in [1.165, 1.54) is 0 Å². The molecule has 3 rings (SSSR count). The predicted octanol–water partition coefficient (Wildman–Crippen LogP) is 3.07. The number of hydrogen-bond donors (Lipinski definition) is 0. The maximum Gasteiger partial charge on any atom is 0.226 e. The van der Waals surface area contributed by atoms with Crippen LogP contribution in [-0.4, -0.2) is 19.7 Å². The zero-order chi connectivity index (χ0) is 13.9. The van der Waals surface area contributed by atoms with Crippen LogP contribution in [0.3, 0.4) is 0 Å². The zero-order valence-electron chi connectivity index (χ0n) is 11.3. The van der Waals surface area contributed by atoms with E-state index in [1.54, 1.807) is 18.1 Å². The number of thioether (sulfide) groups is 1. The van der Waals surface area contributed by atoms with Crippen molar-refractivity contribution in [2.24, 2.45) is 7.05 Å². The molecule has 0 bridgehead atoms. The smallest absolute Gasteiger partial charge is 0.226 e. The highest BCUT2D eigenvalue weighted by molar-refractivity contribution is 7.98. The Bertz CT molecular complexity index is 705. The minimum atomic E-state index is 0.664. The average Bonchev–Trinajstić information content (AvgIpc) is 3.04. The molecule has 0 fully saturated rings. The second kappa shape index (κ2) is 5.50. The second-order valence-electron chi connectivity index (χ2n) is 4.40. The highest BCUT2D eigenvalue weighted by Gasteiger charge is 2.12. The van der Waals surface area contributed by atoms with Crippen LogP contribution >= 0.6 is 11.8 Å². The van der Waals surface area contributed by atoms with E-state index >= 15 is 0 Å². The molecule has 0 unspecified atom stereocenters. The van der Waals surface area contributed by atoms with E-state index in [2.05, 4.69) is 15.2 Å². The van der Waals surface area contributed by atoms with Crippen molar-refractivity contribution in [2.75, 3.05) is 0 Å². The molecule has 0 aliphatic carbocycles. The number of aromatic nitrogens is 4. The molecule has 0 spiro atoms. The highest BCUT2D eigenvalue weighted by Crippen LogP contribution is 2.26. The van der Waals surface area contributed by atoms with Crippen LogP contribution in [0.2, 0.25) is 0 Å². The molecule has 2 aromatic heterocycles. The average molecular weight is 286 g/mol. The van der Waals surface area contributed by atoms with Gasteiger partial charge in [-0.25, -0.2) is 4.98 Å². The summed E-state index contributed by atoms with van der Waals surface area (Å²) in [6.45, 7) is 1.94. The Morgan fingerprint density at radius 3 is 2.75 bits per heavy atom. The fraction of sp³-hybridized carbons (Fsp3) is 0.214. The summed E-state index contributed by atoms with van der Waals surface area (Å²) in [4.78, 5) is 4.56. The predicted molar refractivity (Wildman–Crippen MR) is 77.2 cm³/mol. The van der Waals surface area contributed by atoms with E-state index in [-0.39, 0.29) is 0 Å². The van der Waals surface area contributed by atoms with Crippen LogP contribution in [0, 0.1) is 6.92 Å². The molecule has 0 saturated carbocycles. The molecule has 0 aliphatic rings. The lowest BCUT2D eigenvalue weighted by Crippen LogP contribution is -1.91. The van der Waals surface area contributed by atoms with Crippen molar-refractivity contribution in [2.45, 2.75) is 17.8 Å². The maximum absolute atomic E-state index is 5.73. The van der Waals surface area contributed by atoms with Crippen LogP contribution in [0.25, 0.3) is 11.5 Å². The lowest BCUT2D eigenvalue weighted by Gasteiger charge is -1.97. The SMILES string of the molecule is Cc1oc(-c2ccccc2)nc1CSc1nncn1C. The number of rotatable bonds is 4. The Hall–Kier alpha value is -2.08. The molecule has 2 heterocycles. The van der Waals surface area contributed by atoms with E-state index in [0.29, 0.717) is 11.6 Å². The zero-order valence-corrected chi connectivity index (χ0v) is 12.1. The summed E-state index contributed by atoms with van der Waals surface area (Å²) in [5, 5.41) is 8.77. The normalized spacial score (nSPS) is 10.9. The summed E-state index contributed by atoms with van der Waals surface area (Å²) in [5.41, 5.74) is 1.93. The first kappa shape index (κ1) is 12.9. The molecule has 102 valence electrons. The lowest BCUT2D eigenvalue weighted by molar-refractivity contribution is 0.540. The molecule has 0 N–H and O–H groups in total. The molecule has 3 aromatic rings. The van der Waals surface area contributed by atoms with Crippen molar-refractivity contribution in [3.63, 3.8) is 0 Å². The molecular formula is C14H14N4OS. The van der Waals surface area contributed by atoms with Crippen LogP contribution in [-0.2, 0) is 12.8 Å². The third-order valence-corrected chi connectivity index (χ3v) is 3.97. The van der Waals surface area contributed by atoms with Gasteiger partial charge < -0.3 is 8.98 Å². The van der Waals surface area contributed by atoms with Crippen LogP contribution < -0.4 is 0 Å². The first-order valence-electron chi connectivity index (χ1n) is 6.22. The van der Waals surface area contributed by atoms with Crippen LogP contribution in [0.4, 0.5) is 0 Å². The Morgan fingerprint density at radius 2 is 2.05 bits per heavy atom. The van der Waals surface area contributed by atoms with Gasteiger partial charge in [0.15, 0.2) is 5.16 Å². The monoisotopic (exact) mass is 286 g/mol. The first-order valence-corrected chi connectivity index (χ1v) is 7.21. The van der Waals surface area contributed by atoms with Gasteiger partial charge in [0.05, 0.1) is 5.69 Å². The fourth-order valence-corrected chi connectivity index (χ4v) is 2.69. The number of oxazole rings is 1. The lowest BCUT2D eigenvalue weighted by atomic mass is 10.2. The van der Waals surface area contributed by atoms with Crippen molar-refractivity contribution in [3.05, 3.63) is 48.1 Å². The van der Waals surface area contributed by atoms with Gasteiger partial charge in [-0.3, -0.25) is 0 Å². The van der Waals surface area contributed by atoms with E-state index in [4.69, 9.17) is 4.42 Å². The van der Waals surface area contributed by atoms with Crippen molar-refractivity contribution >= 4 is 11.8 Å². The molecule has 1 aromatic carbocycles. The van der Waals surface area contributed by atoms with Gasteiger partial charge in [-0.15, -0.1) is 10.2 Å². The van der Waals surface area contributed by atoms with Crippen LogP contribution in [0.15, 0.2) is 46.2 Å². The molecule has 0 radical (unpaired) electrons. The molecule has 0 aliphatic heterocycles. The second-order valence-corrected chi connectivity index (χ2v) is 5.34. The number of benzene rings is 1. The molecule has 5 nitrogen and oxygen atoms in total. The standard InChI is InChI=1S/C14H14N4OS/c1-10-12(8-20-14-17-15-9-18(14)2)16-13(19-10)11-6-4-3-5-7-11/h3-7,9H,8H2,1-2H3. The Balaban J connectivity index is 1.78. The summed E-state index contributed by atoms with van der Waals surface area (Å²) in [6.07, 6.45) is 1.69. The van der Waals surface area contributed by atoms with Gasteiger partial charge in [0.25, 0.3) is 0 Å². The summed E-state index contributed by atoms with van der Waals surface area (Å²) >= 11 is 1.60. The van der Waals surface area contributed by atoms with E-state index in [1.807, 2.05) is 48.9 Å². The largest absolute Gasteiger partial charge is 0.441 e. The highest BCUT2D eigenvalue weighted by atomic mass is 32.2. The fourth-order valence-electron chi connectivity index (χ4n) is 1.80. The molecule has 6 heteroatoms. The van der Waals surface area contributed by atoms with E-state index in [9.17, 15) is 0 Å². The molecule has 0 amide bonds. The number of hydrogen-bond acceptors (Lipinski definition) is 5. The van der Waals surface area contributed by atoms with Gasteiger partial charge in [0.2, 0.25) is 5.89 Å². The summed E-state index contributed by atoms with van der Waals surface area (Å²) in [7, 11) is 1.92. The van der Waals surface area contributed by atoms with Crippen LogP contribution in [0.5, 0.6) is 0 Å². The third-order valence-electron chi connectivity index (χ3n) is 2.92. The topological polar surface area (TPSA) is 56.7 Å². The van der Waals surface area contributed by atoms with Gasteiger partial charge in [0.1, 0.15) is 12.1 Å². The molecule has 0 atom stereocenters. The van der Waals surface area contributed by atoms with Crippen LogP contribution in [0.1, 0.15) is 11.5 Å². The number of nitrogens with zero attached hydrogens (tertiary/aromatic N) is 4. The van der Waals surface area contributed by atoms with Gasteiger partial charge >= 0.3 is 0 Å². The summed E-state index contributed by atoms with van der Waals surface area (Å²) in [5.74, 6) is 2.23. The molecule has 0 saturated heterocycles. The summed E-state index contributed by atoms with van der Waals surface area (Å²) in [6, 6.07) is 9.91. The van der Waals surface area contributed by atoms with Crippen molar-refractivity contribution < 1.29 is 4.42 Å². The first-order chi connectivity index (χ1) is 9.74. The van der Waals surface area contributed by atoms with Gasteiger partial charge in [-0.1, -0.05) is 30.0 Å². The maximum atomic E-state index is 5.73. The van der Waals surface area contributed by atoms with Gasteiger partial charge in [0, 0.05) is 18.4 Å². The summed E-state index contributed by atoms with van der Waals surface area (Å²) < 4.78 is 7.62. The van der Waals surface area contributed by atoms with Gasteiger partial charge in [-0.2, -0.15) is 0 Å².